The van der Waals surface area contributed by atoms with E-state index < -0.39 is 10.0 Å². The van der Waals surface area contributed by atoms with Crippen molar-refractivity contribution in [1.29, 1.82) is 0 Å². The summed E-state index contributed by atoms with van der Waals surface area (Å²) < 4.78 is 26.7. The van der Waals surface area contributed by atoms with Gasteiger partial charge in [-0.2, -0.15) is 0 Å². The Hall–Kier alpha value is -2.15. The molecule has 0 saturated carbocycles. The average molecular weight is 379 g/mol. The van der Waals surface area contributed by atoms with Crippen LogP contribution in [0.1, 0.15) is 15.9 Å². The van der Waals surface area contributed by atoms with E-state index in [9.17, 15) is 13.2 Å². The first-order chi connectivity index (χ1) is 11.8. The molecule has 2 aromatic carbocycles. The first-order valence-electron chi connectivity index (χ1n) is 7.54. The van der Waals surface area contributed by atoms with Crippen LogP contribution in [-0.2, 0) is 16.6 Å². The highest BCUT2D eigenvalue weighted by Gasteiger charge is 2.17. The van der Waals surface area contributed by atoms with E-state index in [0.29, 0.717) is 17.1 Å². The second-order valence-electron chi connectivity index (χ2n) is 5.46. The van der Waals surface area contributed by atoms with Gasteiger partial charge in [-0.15, -0.1) is 6.58 Å². The predicted octanol–water partition coefficient (Wildman–Crippen LogP) is 3.08. The third-order valence-electron chi connectivity index (χ3n) is 3.46. The van der Waals surface area contributed by atoms with Gasteiger partial charge in [-0.05, 0) is 35.9 Å². The molecule has 2 rings (SSSR count). The molecule has 0 spiro atoms. The summed E-state index contributed by atoms with van der Waals surface area (Å²) >= 11 is 5.95. The van der Waals surface area contributed by atoms with Crippen molar-refractivity contribution in [2.24, 2.45) is 0 Å². The summed E-state index contributed by atoms with van der Waals surface area (Å²) in [6.07, 6.45) is 1.45. The summed E-state index contributed by atoms with van der Waals surface area (Å²) in [4.78, 5) is 14.1. The molecule has 7 heteroatoms. The van der Waals surface area contributed by atoms with E-state index in [1.165, 1.54) is 23.1 Å². The van der Waals surface area contributed by atoms with Crippen LogP contribution in [0.15, 0.2) is 66.1 Å². The zero-order chi connectivity index (χ0) is 18.4. The van der Waals surface area contributed by atoms with Crippen LogP contribution in [0, 0.1) is 0 Å². The fourth-order valence-corrected chi connectivity index (χ4v) is 3.51. The fourth-order valence-electron chi connectivity index (χ4n) is 2.25. The number of rotatable bonds is 7. The molecule has 0 atom stereocenters. The van der Waals surface area contributed by atoms with Gasteiger partial charge in [0, 0.05) is 30.7 Å². The number of amides is 1. The summed E-state index contributed by atoms with van der Waals surface area (Å²) in [6.45, 7) is 3.96. The number of carbonyl (C=O) groups is 1. The molecule has 0 radical (unpaired) electrons. The summed E-state index contributed by atoms with van der Waals surface area (Å²) in [7, 11) is -2.02. The van der Waals surface area contributed by atoms with Gasteiger partial charge in [-0.1, -0.05) is 35.9 Å². The average Bonchev–Trinajstić information content (AvgIpc) is 2.59. The number of halogens is 1. The first kappa shape index (κ1) is 19.2. The number of nitrogens with zero attached hydrogens (tertiary/aromatic N) is 1. The van der Waals surface area contributed by atoms with Crippen molar-refractivity contribution in [2.45, 2.75) is 11.4 Å². The number of nitrogens with one attached hydrogen (secondary N) is 1. The Morgan fingerprint density at radius 1 is 1.24 bits per heavy atom. The van der Waals surface area contributed by atoms with Crippen molar-refractivity contribution in [2.75, 3.05) is 13.6 Å². The van der Waals surface area contributed by atoms with Crippen molar-refractivity contribution in [3.63, 3.8) is 0 Å². The molecule has 0 unspecified atom stereocenters. The molecule has 2 aromatic rings. The van der Waals surface area contributed by atoms with E-state index in [-0.39, 0.29) is 17.3 Å². The minimum atomic E-state index is -3.68. The number of benzene rings is 2. The smallest absolute Gasteiger partial charge is 0.253 e. The van der Waals surface area contributed by atoms with Crippen LogP contribution in [-0.4, -0.2) is 32.8 Å². The number of hydrogen-bond acceptors (Lipinski definition) is 3. The standard InChI is InChI=1S/C18H19ClN2O3S/c1-3-10-20-25(23,24)17-9-5-7-15(12-17)18(22)21(2)13-14-6-4-8-16(19)11-14/h3-9,11-12,20H,1,10,13H2,2H3. The Morgan fingerprint density at radius 2 is 1.96 bits per heavy atom. The molecule has 0 saturated heterocycles. The fraction of sp³-hybridized carbons (Fsp3) is 0.167. The molecule has 0 heterocycles. The highest BCUT2D eigenvalue weighted by molar-refractivity contribution is 7.89. The van der Waals surface area contributed by atoms with Crippen LogP contribution in [0.4, 0.5) is 0 Å². The van der Waals surface area contributed by atoms with Crippen LogP contribution in [0.25, 0.3) is 0 Å². The van der Waals surface area contributed by atoms with E-state index in [1.807, 2.05) is 12.1 Å². The SMILES string of the molecule is C=CCNS(=O)(=O)c1cccc(C(=O)N(C)Cc2cccc(Cl)c2)c1. The van der Waals surface area contributed by atoms with Crippen molar-refractivity contribution in [3.8, 4) is 0 Å². The van der Waals surface area contributed by atoms with E-state index in [1.54, 1.807) is 31.3 Å². The van der Waals surface area contributed by atoms with Gasteiger partial charge in [0.1, 0.15) is 0 Å². The maximum absolute atomic E-state index is 12.6. The zero-order valence-electron chi connectivity index (χ0n) is 13.8. The van der Waals surface area contributed by atoms with Gasteiger partial charge in [-0.25, -0.2) is 13.1 Å². The molecule has 5 nitrogen and oxygen atoms in total. The molecule has 0 aliphatic heterocycles. The molecule has 0 bridgehead atoms. The van der Waals surface area contributed by atoms with Crippen LogP contribution in [0.2, 0.25) is 5.02 Å². The summed E-state index contributed by atoms with van der Waals surface area (Å²) in [5, 5.41) is 0.597. The Bertz CT molecular complexity index is 881. The second-order valence-corrected chi connectivity index (χ2v) is 7.66. The van der Waals surface area contributed by atoms with E-state index >= 15 is 0 Å². The molecular formula is C18H19ClN2O3S. The number of sulfonamides is 1. The lowest BCUT2D eigenvalue weighted by atomic mass is 10.1. The van der Waals surface area contributed by atoms with Gasteiger partial charge >= 0.3 is 0 Å². The van der Waals surface area contributed by atoms with Gasteiger partial charge in [0.25, 0.3) is 5.91 Å². The minimum absolute atomic E-state index is 0.0383. The molecule has 0 aliphatic carbocycles. The van der Waals surface area contributed by atoms with Gasteiger partial charge in [0.2, 0.25) is 10.0 Å². The van der Waals surface area contributed by atoms with Crippen molar-refractivity contribution >= 4 is 27.5 Å². The Balaban J connectivity index is 2.19. The van der Waals surface area contributed by atoms with Gasteiger partial charge in [-0.3, -0.25) is 4.79 Å². The third kappa shape index (κ3) is 5.16. The second kappa shape index (κ2) is 8.29. The summed E-state index contributed by atoms with van der Waals surface area (Å²) in [5.74, 6) is -0.277. The first-order valence-corrected chi connectivity index (χ1v) is 9.40. The quantitative estimate of drug-likeness (QED) is 0.753. The Labute approximate surface area is 153 Å². The molecule has 0 aliphatic rings. The third-order valence-corrected chi connectivity index (χ3v) is 5.12. The lowest BCUT2D eigenvalue weighted by molar-refractivity contribution is 0.0785. The summed E-state index contributed by atoms with van der Waals surface area (Å²) in [6, 6.07) is 13.2. The molecule has 1 amide bonds. The predicted molar refractivity (Wildman–Crippen MR) is 99.1 cm³/mol. The molecule has 25 heavy (non-hydrogen) atoms. The molecular weight excluding hydrogens is 360 g/mol. The number of carbonyl (C=O) groups excluding carboxylic acids is 1. The highest BCUT2D eigenvalue weighted by Crippen LogP contribution is 2.16. The van der Waals surface area contributed by atoms with Crippen LogP contribution < -0.4 is 4.72 Å². The molecule has 132 valence electrons. The Morgan fingerprint density at radius 3 is 2.64 bits per heavy atom. The zero-order valence-corrected chi connectivity index (χ0v) is 15.3. The van der Waals surface area contributed by atoms with Crippen LogP contribution in [0.5, 0.6) is 0 Å². The van der Waals surface area contributed by atoms with Crippen LogP contribution in [0.3, 0.4) is 0 Å². The lowest BCUT2D eigenvalue weighted by Gasteiger charge is -2.18. The largest absolute Gasteiger partial charge is 0.337 e. The minimum Gasteiger partial charge on any atom is -0.337 e. The van der Waals surface area contributed by atoms with Gasteiger partial charge < -0.3 is 4.90 Å². The van der Waals surface area contributed by atoms with Crippen molar-refractivity contribution < 1.29 is 13.2 Å². The van der Waals surface area contributed by atoms with Gasteiger partial charge in [0.05, 0.1) is 4.90 Å². The number of hydrogen-bond donors (Lipinski definition) is 1. The van der Waals surface area contributed by atoms with Crippen molar-refractivity contribution in [1.82, 2.24) is 9.62 Å². The van der Waals surface area contributed by atoms with Crippen molar-refractivity contribution in [3.05, 3.63) is 77.3 Å². The maximum atomic E-state index is 12.6. The molecule has 0 aromatic heterocycles. The molecule has 1 N–H and O–H groups in total. The monoisotopic (exact) mass is 378 g/mol. The maximum Gasteiger partial charge on any atom is 0.253 e. The topological polar surface area (TPSA) is 66.5 Å². The van der Waals surface area contributed by atoms with Crippen LogP contribution >= 0.6 is 11.6 Å². The van der Waals surface area contributed by atoms with Gasteiger partial charge in [0.15, 0.2) is 0 Å². The lowest BCUT2D eigenvalue weighted by Crippen LogP contribution is -2.27. The van der Waals surface area contributed by atoms with E-state index in [2.05, 4.69) is 11.3 Å². The summed E-state index contributed by atoms with van der Waals surface area (Å²) in [5.41, 5.74) is 1.19. The van der Waals surface area contributed by atoms with E-state index in [4.69, 9.17) is 11.6 Å². The highest BCUT2D eigenvalue weighted by atomic mass is 35.5. The molecule has 0 fully saturated rings. The normalized spacial score (nSPS) is 11.1. The Kier molecular flexibility index (Phi) is 6.36. The van der Waals surface area contributed by atoms with E-state index in [0.717, 1.165) is 5.56 Å².